The Morgan fingerprint density at radius 1 is 1.12 bits per heavy atom. The number of methoxy groups -OCH3 is 2. The highest BCUT2D eigenvalue weighted by Crippen LogP contribution is 2.17. The van der Waals surface area contributed by atoms with Crippen LogP contribution in [0.1, 0.15) is 31.9 Å². The number of hydrogen-bond acceptors (Lipinski definition) is 3. The zero-order valence-electron chi connectivity index (χ0n) is 11.1. The van der Waals surface area contributed by atoms with Crippen LogP contribution >= 0.6 is 0 Å². The van der Waals surface area contributed by atoms with Gasteiger partial charge in [0.05, 0.1) is 6.04 Å². The molecule has 2 unspecified atom stereocenters. The Morgan fingerprint density at radius 2 is 1.71 bits per heavy atom. The van der Waals surface area contributed by atoms with Crippen molar-refractivity contribution < 1.29 is 9.47 Å². The van der Waals surface area contributed by atoms with E-state index in [1.807, 2.05) is 6.07 Å². The van der Waals surface area contributed by atoms with Crippen molar-refractivity contribution in [3.8, 4) is 0 Å². The third-order valence-electron chi connectivity index (χ3n) is 2.95. The number of hydrogen-bond donors (Lipinski definition) is 1. The summed E-state index contributed by atoms with van der Waals surface area (Å²) in [5.74, 6) is 0. The van der Waals surface area contributed by atoms with Gasteiger partial charge in [0, 0.05) is 20.3 Å². The Kier molecular flexibility index (Phi) is 6.19. The maximum atomic E-state index is 5.26. The smallest absolute Gasteiger partial charge is 0.171 e. The monoisotopic (exact) mass is 237 g/mol. The van der Waals surface area contributed by atoms with E-state index in [-0.39, 0.29) is 12.3 Å². The van der Waals surface area contributed by atoms with E-state index in [4.69, 9.17) is 9.47 Å². The van der Waals surface area contributed by atoms with Crippen molar-refractivity contribution in [3.63, 3.8) is 0 Å². The maximum absolute atomic E-state index is 5.26. The van der Waals surface area contributed by atoms with Gasteiger partial charge in [-0.3, -0.25) is 0 Å². The van der Waals surface area contributed by atoms with E-state index in [2.05, 4.69) is 43.4 Å². The number of ether oxygens (including phenoxy) is 2. The third-order valence-corrected chi connectivity index (χ3v) is 2.95. The minimum Gasteiger partial charge on any atom is -0.354 e. The molecule has 1 rings (SSSR count). The highest BCUT2D eigenvalue weighted by atomic mass is 16.7. The molecular formula is C14H23NO2. The first-order chi connectivity index (χ1) is 8.22. The van der Waals surface area contributed by atoms with Gasteiger partial charge in [0.25, 0.3) is 0 Å². The van der Waals surface area contributed by atoms with Crippen LogP contribution in [0.15, 0.2) is 30.3 Å². The standard InChI is InChI=1S/C14H23NO2/c1-5-13(12-9-7-6-8-10-12)15-11(2)14(16-3)17-4/h6-11,13-15H,5H2,1-4H3. The van der Waals surface area contributed by atoms with Gasteiger partial charge >= 0.3 is 0 Å². The van der Waals surface area contributed by atoms with Gasteiger partial charge in [-0.05, 0) is 18.9 Å². The number of nitrogens with one attached hydrogen (secondary N) is 1. The summed E-state index contributed by atoms with van der Waals surface area (Å²) in [6.45, 7) is 4.25. The van der Waals surface area contributed by atoms with Gasteiger partial charge in [0.2, 0.25) is 0 Å². The van der Waals surface area contributed by atoms with Crippen LogP contribution in [0.4, 0.5) is 0 Å². The fraction of sp³-hybridized carbons (Fsp3) is 0.571. The molecule has 0 amide bonds. The average Bonchev–Trinajstić information content (AvgIpc) is 2.38. The molecule has 0 aliphatic rings. The van der Waals surface area contributed by atoms with Crippen LogP contribution < -0.4 is 5.32 Å². The molecule has 3 nitrogen and oxygen atoms in total. The van der Waals surface area contributed by atoms with Crippen molar-refractivity contribution in [3.05, 3.63) is 35.9 Å². The molecule has 0 saturated carbocycles. The predicted octanol–water partition coefficient (Wildman–Crippen LogP) is 2.73. The van der Waals surface area contributed by atoms with E-state index in [9.17, 15) is 0 Å². The lowest BCUT2D eigenvalue weighted by molar-refractivity contribution is -0.121. The topological polar surface area (TPSA) is 30.5 Å². The Morgan fingerprint density at radius 3 is 2.18 bits per heavy atom. The van der Waals surface area contributed by atoms with E-state index in [0.29, 0.717) is 6.04 Å². The van der Waals surface area contributed by atoms with Crippen LogP contribution in [0, 0.1) is 0 Å². The SMILES string of the molecule is CCC(NC(C)C(OC)OC)c1ccccc1. The van der Waals surface area contributed by atoms with Crippen molar-refractivity contribution in [1.29, 1.82) is 0 Å². The Balaban J connectivity index is 2.64. The normalized spacial score (nSPS) is 14.9. The molecule has 1 N–H and O–H groups in total. The summed E-state index contributed by atoms with van der Waals surface area (Å²) in [5.41, 5.74) is 1.30. The second kappa shape index (κ2) is 7.43. The highest BCUT2D eigenvalue weighted by Gasteiger charge is 2.19. The molecule has 0 fully saturated rings. The Bertz CT molecular complexity index is 298. The van der Waals surface area contributed by atoms with Crippen molar-refractivity contribution >= 4 is 0 Å². The van der Waals surface area contributed by atoms with Gasteiger partial charge in [-0.1, -0.05) is 37.3 Å². The van der Waals surface area contributed by atoms with Gasteiger partial charge < -0.3 is 14.8 Å². The van der Waals surface area contributed by atoms with Crippen molar-refractivity contribution in [2.45, 2.75) is 38.6 Å². The summed E-state index contributed by atoms with van der Waals surface area (Å²) in [5, 5.41) is 3.53. The molecule has 17 heavy (non-hydrogen) atoms. The first kappa shape index (κ1) is 14.2. The molecule has 0 radical (unpaired) electrons. The number of rotatable bonds is 7. The summed E-state index contributed by atoms with van der Waals surface area (Å²) < 4.78 is 10.5. The lowest BCUT2D eigenvalue weighted by Crippen LogP contribution is -2.41. The van der Waals surface area contributed by atoms with Crippen LogP contribution in [-0.4, -0.2) is 26.6 Å². The van der Waals surface area contributed by atoms with Gasteiger partial charge in [-0.25, -0.2) is 0 Å². The van der Waals surface area contributed by atoms with Crippen LogP contribution in [0.3, 0.4) is 0 Å². The molecule has 0 heterocycles. The minimum absolute atomic E-state index is 0.148. The zero-order valence-corrected chi connectivity index (χ0v) is 11.1. The van der Waals surface area contributed by atoms with Gasteiger partial charge in [-0.15, -0.1) is 0 Å². The zero-order chi connectivity index (χ0) is 12.7. The van der Waals surface area contributed by atoms with Crippen LogP contribution in [-0.2, 0) is 9.47 Å². The lowest BCUT2D eigenvalue weighted by atomic mass is 10.0. The summed E-state index contributed by atoms with van der Waals surface area (Å²) in [6.07, 6.45) is 0.821. The van der Waals surface area contributed by atoms with Gasteiger partial charge in [-0.2, -0.15) is 0 Å². The molecule has 0 aliphatic heterocycles. The molecule has 1 aromatic rings. The van der Waals surface area contributed by atoms with E-state index in [1.165, 1.54) is 5.56 Å². The fourth-order valence-electron chi connectivity index (χ4n) is 2.04. The molecule has 0 bridgehead atoms. The lowest BCUT2D eigenvalue weighted by Gasteiger charge is -2.27. The Labute approximate surface area is 104 Å². The van der Waals surface area contributed by atoms with E-state index in [1.54, 1.807) is 14.2 Å². The third kappa shape index (κ3) is 4.11. The molecule has 0 aliphatic carbocycles. The molecular weight excluding hydrogens is 214 g/mol. The van der Waals surface area contributed by atoms with E-state index in [0.717, 1.165) is 6.42 Å². The van der Waals surface area contributed by atoms with Crippen LogP contribution in [0.2, 0.25) is 0 Å². The average molecular weight is 237 g/mol. The predicted molar refractivity (Wildman–Crippen MR) is 69.9 cm³/mol. The van der Waals surface area contributed by atoms with Crippen LogP contribution in [0.5, 0.6) is 0 Å². The fourth-order valence-corrected chi connectivity index (χ4v) is 2.04. The minimum atomic E-state index is -0.215. The number of benzene rings is 1. The molecule has 0 spiro atoms. The highest BCUT2D eigenvalue weighted by molar-refractivity contribution is 5.18. The van der Waals surface area contributed by atoms with Gasteiger partial charge in [0.1, 0.15) is 0 Å². The first-order valence-corrected chi connectivity index (χ1v) is 6.09. The molecule has 1 aromatic carbocycles. The molecule has 2 atom stereocenters. The summed E-state index contributed by atoms with van der Waals surface area (Å²) in [7, 11) is 3.33. The second-order valence-electron chi connectivity index (χ2n) is 4.17. The maximum Gasteiger partial charge on any atom is 0.171 e. The van der Waals surface area contributed by atoms with E-state index < -0.39 is 0 Å². The van der Waals surface area contributed by atoms with Crippen molar-refractivity contribution in [1.82, 2.24) is 5.32 Å². The molecule has 3 heteroatoms. The van der Waals surface area contributed by atoms with Crippen molar-refractivity contribution in [2.75, 3.05) is 14.2 Å². The first-order valence-electron chi connectivity index (χ1n) is 6.09. The summed E-state index contributed by atoms with van der Waals surface area (Å²) >= 11 is 0. The van der Waals surface area contributed by atoms with Gasteiger partial charge in [0.15, 0.2) is 6.29 Å². The largest absolute Gasteiger partial charge is 0.354 e. The van der Waals surface area contributed by atoms with E-state index >= 15 is 0 Å². The molecule has 96 valence electrons. The van der Waals surface area contributed by atoms with Crippen molar-refractivity contribution in [2.24, 2.45) is 0 Å². The second-order valence-corrected chi connectivity index (χ2v) is 4.17. The van der Waals surface area contributed by atoms with Crippen LogP contribution in [0.25, 0.3) is 0 Å². The Hall–Kier alpha value is -0.900. The summed E-state index contributed by atoms with van der Waals surface area (Å²) in [6, 6.07) is 10.9. The molecule has 0 saturated heterocycles. The summed E-state index contributed by atoms with van der Waals surface area (Å²) in [4.78, 5) is 0. The quantitative estimate of drug-likeness (QED) is 0.740. The molecule has 0 aromatic heterocycles.